The molecule has 1 aliphatic rings. The molecule has 84 valence electrons. The number of aryl methyl sites for hydroxylation is 2. The van der Waals surface area contributed by atoms with Gasteiger partial charge in [-0.1, -0.05) is 0 Å². The highest BCUT2D eigenvalue weighted by molar-refractivity contribution is 5.85. The second kappa shape index (κ2) is 5.28. The Balaban J connectivity index is 0.00000112. The molecule has 0 radical (unpaired) electrons. The molecular formula is C10H17ClN4. The van der Waals surface area contributed by atoms with E-state index in [0.717, 1.165) is 43.4 Å². The van der Waals surface area contributed by atoms with Crippen molar-refractivity contribution >= 4 is 18.4 Å². The van der Waals surface area contributed by atoms with Crippen molar-refractivity contribution in [3.63, 3.8) is 0 Å². The molecule has 1 aromatic heterocycles. The van der Waals surface area contributed by atoms with Crippen molar-refractivity contribution in [2.75, 3.05) is 31.1 Å². The third-order valence-electron chi connectivity index (χ3n) is 2.61. The minimum atomic E-state index is 0. The predicted molar refractivity (Wildman–Crippen MR) is 63.8 cm³/mol. The highest BCUT2D eigenvalue weighted by atomic mass is 35.5. The van der Waals surface area contributed by atoms with Gasteiger partial charge in [0.2, 0.25) is 5.95 Å². The van der Waals surface area contributed by atoms with Crippen molar-refractivity contribution in [1.82, 2.24) is 15.3 Å². The Morgan fingerprint density at radius 2 is 1.93 bits per heavy atom. The minimum absolute atomic E-state index is 0. The Morgan fingerprint density at radius 3 is 2.53 bits per heavy atom. The molecule has 2 rings (SSSR count). The van der Waals surface area contributed by atoms with Crippen LogP contribution in [-0.4, -0.2) is 36.1 Å². The fourth-order valence-electron chi connectivity index (χ4n) is 1.53. The van der Waals surface area contributed by atoms with Crippen LogP contribution in [0.4, 0.5) is 5.95 Å². The standard InChI is InChI=1S/C10H16N4.ClH/c1-8-7-12-10(13-9(8)2)14-5-3-11-4-6-14;/h7,11H,3-6H2,1-2H3;1H. The topological polar surface area (TPSA) is 41.1 Å². The average molecular weight is 229 g/mol. The van der Waals surface area contributed by atoms with Crippen LogP contribution in [0, 0.1) is 13.8 Å². The molecule has 0 bridgehead atoms. The van der Waals surface area contributed by atoms with Crippen molar-refractivity contribution in [1.29, 1.82) is 0 Å². The lowest BCUT2D eigenvalue weighted by Gasteiger charge is -2.27. The fraction of sp³-hybridized carbons (Fsp3) is 0.600. The molecule has 0 saturated carbocycles. The van der Waals surface area contributed by atoms with Gasteiger partial charge in [0, 0.05) is 38.1 Å². The van der Waals surface area contributed by atoms with E-state index in [0.29, 0.717) is 0 Å². The van der Waals surface area contributed by atoms with Gasteiger partial charge in [-0.2, -0.15) is 0 Å². The van der Waals surface area contributed by atoms with Crippen LogP contribution < -0.4 is 10.2 Å². The molecule has 5 heteroatoms. The van der Waals surface area contributed by atoms with Gasteiger partial charge in [0.15, 0.2) is 0 Å². The van der Waals surface area contributed by atoms with Crippen molar-refractivity contribution in [2.45, 2.75) is 13.8 Å². The van der Waals surface area contributed by atoms with Crippen LogP contribution in [0.3, 0.4) is 0 Å². The molecule has 2 heterocycles. The number of hydrogen-bond acceptors (Lipinski definition) is 4. The van der Waals surface area contributed by atoms with E-state index in [1.807, 2.05) is 20.0 Å². The number of halogens is 1. The van der Waals surface area contributed by atoms with Crippen LogP contribution in [0.2, 0.25) is 0 Å². The Hall–Kier alpha value is -0.870. The summed E-state index contributed by atoms with van der Waals surface area (Å²) in [4.78, 5) is 11.1. The average Bonchev–Trinajstić information content (AvgIpc) is 2.23. The third kappa shape index (κ3) is 2.79. The Labute approximate surface area is 96.5 Å². The van der Waals surface area contributed by atoms with Gasteiger partial charge in [-0.05, 0) is 19.4 Å². The molecule has 1 N–H and O–H groups in total. The molecule has 4 nitrogen and oxygen atoms in total. The number of aromatic nitrogens is 2. The zero-order chi connectivity index (χ0) is 9.97. The molecule has 0 unspecified atom stereocenters. The van der Waals surface area contributed by atoms with E-state index in [2.05, 4.69) is 20.2 Å². The number of nitrogens with one attached hydrogen (secondary N) is 1. The summed E-state index contributed by atoms with van der Waals surface area (Å²) in [5.41, 5.74) is 2.23. The van der Waals surface area contributed by atoms with E-state index < -0.39 is 0 Å². The highest BCUT2D eigenvalue weighted by Gasteiger charge is 2.12. The molecule has 1 fully saturated rings. The number of rotatable bonds is 1. The second-order valence-corrected chi connectivity index (χ2v) is 3.68. The largest absolute Gasteiger partial charge is 0.338 e. The van der Waals surface area contributed by atoms with Gasteiger partial charge in [-0.15, -0.1) is 12.4 Å². The second-order valence-electron chi connectivity index (χ2n) is 3.68. The summed E-state index contributed by atoms with van der Waals surface area (Å²) in [6.07, 6.45) is 1.90. The molecule has 0 aromatic carbocycles. The van der Waals surface area contributed by atoms with E-state index in [9.17, 15) is 0 Å². The van der Waals surface area contributed by atoms with Crippen LogP contribution in [0.1, 0.15) is 11.3 Å². The van der Waals surface area contributed by atoms with Gasteiger partial charge >= 0.3 is 0 Å². The molecule has 0 aliphatic carbocycles. The number of anilines is 1. The SMILES string of the molecule is Cc1cnc(N2CCNCC2)nc1C.Cl. The first-order chi connectivity index (χ1) is 6.77. The lowest BCUT2D eigenvalue weighted by Crippen LogP contribution is -2.44. The molecule has 0 spiro atoms. The Morgan fingerprint density at radius 1 is 1.27 bits per heavy atom. The van der Waals surface area contributed by atoms with Crippen molar-refractivity contribution in [3.05, 3.63) is 17.5 Å². The zero-order valence-corrected chi connectivity index (χ0v) is 9.97. The number of hydrogen-bond donors (Lipinski definition) is 1. The summed E-state index contributed by atoms with van der Waals surface area (Å²) >= 11 is 0. The molecule has 1 aromatic rings. The maximum absolute atomic E-state index is 4.48. The molecule has 0 amide bonds. The first-order valence-electron chi connectivity index (χ1n) is 5.03. The summed E-state index contributed by atoms with van der Waals surface area (Å²) in [5.74, 6) is 0.870. The quantitative estimate of drug-likeness (QED) is 0.777. The summed E-state index contributed by atoms with van der Waals surface area (Å²) < 4.78 is 0. The van der Waals surface area contributed by atoms with Crippen LogP contribution >= 0.6 is 12.4 Å². The summed E-state index contributed by atoms with van der Waals surface area (Å²) in [6.45, 7) is 8.12. The molecule has 0 atom stereocenters. The van der Waals surface area contributed by atoms with E-state index >= 15 is 0 Å². The highest BCUT2D eigenvalue weighted by Crippen LogP contribution is 2.10. The molecule has 1 saturated heterocycles. The first-order valence-corrected chi connectivity index (χ1v) is 5.03. The van der Waals surface area contributed by atoms with Crippen molar-refractivity contribution < 1.29 is 0 Å². The Bertz CT molecular complexity index is 323. The molecule has 1 aliphatic heterocycles. The number of piperazine rings is 1. The monoisotopic (exact) mass is 228 g/mol. The summed E-state index contributed by atoms with van der Waals surface area (Å²) in [7, 11) is 0. The van der Waals surface area contributed by atoms with Gasteiger partial charge in [-0.3, -0.25) is 0 Å². The van der Waals surface area contributed by atoms with E-state index in [1.165, 1.54) is 0 Å². The van der Waals surface area contributed by atoms with Gasteiger partial charge in [0.05, 0.1) is 0 Å². The van der Waals surface area contributed by atoms with Gasteiger partial charge < -0.3 is 10.2 Å². The lowest BCUT2D eigenvalue weighted by molar-refractivity contribution is 0.579. The van der Waals surface area contributed by atoms with E-state index in [-0.39, 0.29) is 12.4 Å². The summed E-state index contributed by atoms with van der Waals surface area (Å²) in [5, 5.41) is 3.31. The predicted octanol–water partition coefficient (Wildman–Crippen LogP) is 0.925. The van der Waals surface area contributed by atoms with Crippen molar-refractivity contribution in [3.8, 4) is 0 Å². The third-order valence-corrected chi connectivity index (χ3v) is 2.61. The fourth-order valence-corrected chi connectivity index (χ4v) is 1.53. The van der Waals surface area contributed by atoms with Crippen molar-refractivity contribution in [2.24, 2.45) is 0 Å². The normalized spacial score (nSPS) is 16.0. The van der Waals surface area contributed by atoms with Gasteiger partial charge in [0.1, 0.15) is 0 Å². The van der Waals surface area contributed by atoms with Crippen LogP contribution in [0.25, 0.3) is 0 Å². The van der Waals surface area contributed by atoms with Crippen LogP contribution in [0.5, 0.6) is 0 Å². The van der Waals surface area contributed by atoms with Crippen LogP contribution in [0.15, 0.2) is 6.20 Å². The minimum Gasteiger partial charge on any atom is -0.338 e. The smallest absolute Gasteiger partial charge is 0.225 e. The first kappa shape index (κ1) is 12.2. The Kier molecular flexibility index (Phi) is 4.29. The van der Waals surface area contributed by atoms with E-state index in [1.54, 1.807) is 0 Å². The molecule has 15 heavy (non-hydrogen) atoms. The lowest BCUT2D eigenvalue weighted by atomic mass is 10.3. The zero-order valence-electron chi connectivity index (χ0n) is 9.16. The van der Waals surface area contributed by atoms with Gasteiger partial charge in [-0.25, -0.2) is 9.97 Å². The number of nitrogens with zero attached hydrogens (tertiary/aromatic N) is 3. The summed E-state index contributed by atoms with van der Waals surface area (Å²) in [6, 6.07) is 0. The maximum atomic E-state index is 4.48. The van der Waals surface area contributed by atoms with E-state index in [4.69, 9.17) is 0 Å². The van der Waals surface area contributed by atoms with Crippen LogP contribution in [-0.2, 0) is 0 Å². The van der Waals surface area contributed by atoms with Gasteiger partial charge in [0.25, 0.3) is 0 Å². The maximum Gasteiger partial charge on any atom is 0.225 e. The molecular weight excluding hydrogens is 212 g/mol.